The van der Waals surface area contributed by atoms with Crippen molar-refractivity contribution in [2.24, 2.45) is 0 Å². The first-order chi connectivity index (χ1) is 15.9. The molecule has 2 aromatic rings. The molecule has 0 saturated carbocycles. The molecule has 0 spiro atoms. The van der Waals surface area contributed by atoms with Crippen molar-refractivity contribution >= 4 is 27.3 Å². The summed E-state index contributed by atoms with van der Waals surface area (Å²) in [7, 11) is -2.69. The van der Waals surface area contributed by atoms with E-state index in [1.165, 1.54) is 30.5 Å². The minimum atomic E-state index is -3.97. The summed E-state index contributed by atoms with van der Waals surface area (Å²) in [6.45, 7) is 7.56. The number of ketones is 2. The zero-order chi connectivity index (χ0) is 25.4. The molecule has 184 valence electrons. The Labute approximate surface area is 197 Å². The van der Waals surface area contributed by atoms with Gasteiger partial charge in [0.1, 0.15) is 0 Å². The van der Waals surface area contributed by atoms with Gasteiger partial charge in [-0.3, -0.25) is 24.6 Å². The van der Waals surface area contributed by atoms with Crippen LogP contribution in [-0.2, 0) is 10.0 Å². The Morgan fingerprint density at radius 2 is 1.79 bits per heavy atom. The number of methoxy groups -OCH3 is 1. The first kappa shape index (κ1) is 25.5. The lowest BCUT2D eigenvalue weighted by Crippen LogP contribution is -2.53. The molecule has 0 radical (unpaired) electrons. The summed E-state index contributed by atoms with van der Waals surface area (Å²) in [5.74, 6) is -0.311. The number of sulfonamides is 1. The van der Waals surface area contributed by atoms with Crippen molar-refractivity contribution in [1.29, 1.82) is 0 Å². The fraction of sp³-hybridized carbons (Fsp3) is 0.455. The average molecular weight is 493 g/mol. The van der Waals surface area contributed by atoms with Crippen molar-refractivity contribution in [3.05, 3.63) is 50.8 Å². The van der Waals surface area contributed by atoms with Gasteiger partial charge in [-0.15, -0.1) is 0 Å². The Kier molecular flexibility index (Phi) is 7.24. The molecule has 1 aliphatic heterocycles. The molecule has 1 saturated heterocycles. The number of nitro groups is 1. The number of carbonyl (C=O) groups excluding carboxylic acids is 2. The Morgan fingerprint density at radius 1 is 1.18 bits per heavy atom. The van der Waals surface area contributed by atoms with Crippen LogP contribution in [0.2, 0.25) is 0 Å². The van der Waals surface area contributed by atoms with Crippen LogP contribution < -0.4 is 4.74 Å². The summed E-state index contributed by atoms with van der Waals surface area (Å²) in [4.78, 5) is 40.3. The van der Waals surface area contributed by atoms with Crippen molar-refractivity contribution in [2.45, 2.75) is 38.6 Å². The second-order valence-corrected chi connectivity index (χ2v) is 10.2. The lowest BCUT2D eigenvalue weighted by molar-refractivity contribution is -0.386. The van der Waals surface area contributed by atoms with Crippen LogP contribution in [0.1, 0.15) is 46.0 Å². The van der Waals surface area contributed by atoms with Crippen molar-refractivity contribution in [3.8, 4) is 5.75 Å². The number of nitrogens with zero attached hydrogens (tertiary/aromatic N) is 3. The van der Waals surface area contributed by atoms with Gasteiger partial charge in [-0.05, 0) is 45.4 Å². The highest BCUT2D eigenvalue weighted by molar-refractivity contribution is 7.89. The Morgan fingerprint density at radius 3 is 2.29 bits per heavy atom. The van der Waals surface area contributed by atoms with Crippen LogP contribution in [0.4, 0.5) is 5.69 Å². The maximum absolute atomic E-state index is 13.1. The second kappa shape index (κ2) is 9.65. The number of aromatic nitrogens is 1. The molecule has 0 unspecified atom stereocenters. The molecule has 1 aromatic heterocycles. The predicted octanol–water partition coefficient (Wildman–Crippen LogP) is 2.33. The van der Waals surface area contributed by atoms with Gasteiger partial charge in [-0.2, -0.15) is 4.31 Å². The van der Waals surface area contributed by atoms with Crippen LogP contribution in [0.15, 0.2) is 23.1 Å². The second-order valence-electron chi connectivity index (χ2n) is 8.25. The topological polar surface area (TPSA) is 143 Å². The van der Waals surface area contributed by atoms with E-state index >= 15 is 0 Å². The molecule has 12 heteroatoms. The summed E-state index contributed by atoms with van der Waals surface area (Å²) in [6, 6.07) is 3.01. The van der Waals surface area contributed by atoms with Gasteiger partial charge in [0.25, 0.3) is 0 Å². The minimum absolute atomic E-state index is 0.0242. The summed E-state index contributed by atoms with van der Waals surface area (Å²) in [5, 5.41) is 11.3. The lowest BCUT2D eigenvalue weighted by Gasteiger charge is -2.36. The first-order valence-corrected chi connectivity index (χ1v) is 12.1. The van der Waals surface area contributed by atoms with Gasteiger partial charge in [0.2, 0.25) is 10.0 Å². The number of Topliss-reactive ketones (excluding diaryl/α,β-unsaturated/α-hetero) is 2. The normalized spacial score (nSPS) is 16.3. The zero-order valence-electron chi connectivity index (χ0n) is 19.7. The number of H-pyrrole nitrogens is 1. The van der Waals surface area contributed by atoms with E-state index in [1.54, 1.807) is 20.8 Å². The molecule has 34 heavy (non-hydrogen) atoms. The number of hydrogen-bond acceptors (Lipinski definition) is 8. The summed E-state index contributed by atoms with van der Waals surface area (Å²) in [5.41, 5.74) is 1.73. The maximum Gasteiger partial charge on any atom is 0.312 e. The van der Waals surface area contributed by atoms with Gasteiger partial charge in [0, 0.05) is 43.5 Å². The molecule has 0 amide bonds. The highest BCUT2D eigenvalue weighted by atomic mass is 32.2. The predicted molar refractivity (Wildman–Crippen MR) is 124 cm³/mol. The standard InChI is InChI=1S/C22H28N4O7S/c1-13-20(16(4)27)14(2)23-21(13)22(28)15(3)24-8-10-25(11-9-24)34(31,32)17-6-7-19(33-5)18(12-17)26(29)30/h6-7,12,15,23H,8-11H2,1-5H3/t15-/m1/s1. The Bertz CT molecular complexity index is 1240. The molecule has 1 aromatic carbocycles. The van der Waals surface area contributed by atoms with E-state index in [2.05, 4.69) is 4.98 Å². The fourth-order valence-corrected chi connectivity index (χ4v) is 5.80. The van der Waals surface area contributed by atoms with Gasteiger partial charge in [0.15, 0.2) is 17.3 Å². The van der Waals surface area contributed by atoms with E-state index in [0.29, 0.717) is 35.6 Å². The number of ether oxygens (including phenoxy) is 1. The molecule has 0 aliphatic carbocycles. The molecule has 11 nitrogen and oxygen atoms in total. The largest absolute Gasteiger partial charge is 0.490 e. The first-order valence-electron chi connectivity index (χ1n) is 10.7. The fourth-order valence-electron chi connectivity index (χ4n) is 4.35. The van der Waals surface area contributed by atoms with E-state index in [1.807, 2.05) is 4.90 Å². The monoisotopic (exact) mass is 492 g/mol. The number of nitro benzene ring substituents is 1. The third-order valence-electron chi connectivity index (χ3n) is 6.22. The molecule has 0 bridgehead atoms. The Balaban J connectivity index is 1.74. The average Bonchev–Trinajstić information content (AvgIpc) is 3.11. The number of rotatable bonds is 8. The molecule has 1 N–H and O–H groups in total. The molecular formula is C22H28N4O7S. The maximum atomic E-state index is 13.1. The van der Waals surface area contributed by atoms with Crippen LogP contribution in [-0.4, -0.2) is 78.4 Å². The van der Waals surface area contributed by atoms with E-state index in [0.717, 1.165) is 6.07 Å². The number of nitrogens with one attached hydrogen (secondary N) is 1. The highest BCUT2D eigenvalue weighted by Crippen LogP contribution is 2.31. The SMILES string of the molecule is COc1ccc(S(=O)(=O)N2CCN([C@H](C)C(=O)c3[nH]c(C)c(C(C)=O)c3C)CC2)cc1[N+](=O)[O-]. The molecule has 1 aliphatic rings. The number of aryl methyl sites for hydroxylation is 1. The lowest BCUT2D eigenvalue weighted by atomic mass is 10.0. The number of benzene rings is 1. The summed E-state index contributed by atoms with van der Waals surface area (Å²) in [6.07, 6.45) is 0. The van der Waals surface area contributed by atoms with Gasteiger partial charge >= 0.3 is 5.69 Å². The van der Waals surface area contributed by atoms with Gasteiger partial charge < -0.3 is 9.72 Å². The number of aromatic amines is 1. The van der Waals surface area contributed by atoms with Gasteiger partial charge in [0.05, 0.1) is 28.7 Å². The molecule has 2 heterocycles. The summed E-state index contributed by atoms with van der Waals surface area (Å²) >= 11 is 0. The molecule has 1 atom stereocenters. The highest BCUT2D eigenvalue weighted by Gasteiger charge is 2.34. The van der Waals surface area contributed by atoms with Gasteiger partial charge in [-0.25, -0.2) is 8.42 Å². The molecular weight excluding hydrogens is 464 g/mol. The summed E-state index contributed by atoms with van der Waals surface area (Å²) < 4.78 is 32.4. The molecule has 1 fully saturated rings. The zero-order valence-corrected chi connectivity index (χ0v) is 20.6. The number of piperazine rings is 1. The third-order valence-corrected chi connectivity index (χ3v) is 8.12. The van der Waals surface area contributed by atoms with Crippen molar-refractivity contribution in [2.75, 3.05) is 33.3 Å². The third kappa shape index (κ3) is 4.61. The van der Waals surface area contributed by atoms with Crippen LogP contribution >= 0.6 is 0 Å². The van der Waals surface area contributed by atoms with Crippen molar-refractivity contribution < 1.29 is 27.7 Å². The molecule has 3 rings (SSSR count). The van der Waals surface area contributed by atoms with E-state index in [-0.39, 0.29) is 35.3 Å². The number of carbonyl (C=O) groups is 2. The van der Waals surface area contributed by atoms with E-state index in [4.69, 9.17) is 4.74 Å². The minimum Gasteiger partial charge on any atom is -0.490 e. The van der Waals surface area contributed by atoms with Crippen molar-refractivity contribution in [3.63, 3.8) is 0 Å². The van der Waals surface area contributed by atoms with Crippen LogP contribution in [0, 0.1) is 24.0 Å². The van der Waals surface area contributed by atoms with Crippen LogP contribution in [0.5, 0.6) is 5.75 Å². The van der Waals surface area contributed by atoms with E-state index < -0.39 is 26.7 Å². The number of hydrogen-bond donors (Lipinski definition) is 1. The quantitative estimate of drug-likeness (QED) is 0.336. The van der Waals surface area contributed by atoms with Crippen LogP contribution in [0.3, 0.4) is 0 Å². The van der Waals surface area contributed by atoms with Gasteiger partial charge in [-0.1, -0.05) is 0 Å². The van der Waals surface area contributed by atoms with E-state index in [9.17, 15) is 28.1 Å². The van der Waals surface area contributed by atoms with Crippen LogP contribution in [0.25, 0.3) is 0 Å². The Hall–Kier alpha value is -3.09. The van der Waals surface area contributed by atoms with Crippen molar-refractivity contribution in [1.82, 2.24) is 14.2 Å². The smallest absolute Gasteiger partial charge is 0.312 e.